The van der Waals surface area contributed by atoms with Gasteiger partial charge in [-0.25, -0.2) is 0 Å². The highest BCUT2D eigenvalue weighted by atomic mass is 35.5. The Kier molecular flexibility index (Phi) is 5.88. The van der Waals surface area contributed by atoms with Crippen LogP contribution in [0.3, 0.4) is 0 Å². The summed E-state index contributed by atoms with van der Waals surface area (Å²) < 4.78 is 0. The van der Waals surface area contributed by atoms with Crippen LogP contribution in [0.4, 0.5) is 0 Å². The lowest BCUT2D eigenvalue weighted by molar-refractivity contribution is -0.133. The van der Waals surface area contributed by atoms with E-state index in [0.717, 1.165) is 44.6 Å². The minimum absolute atomic E-state index is 0.0435. The molecule has 0 aliphatic carbocycles. The zero-order chi connectivity index (χ0) is 18.7. The fourth-order valence-electron chi connectivity index (χ4n) is 3.98. The SMILES string of the molecule is CN(C)CCC(=O)N1CCC2(CC1)CC(=O)N(Cc1ccc(Cl)cc1)C2. The summed E-state index contributed by atoms with van der Waals surface area (Å²) in [7, 11) is 3.97. The van der Waals surface area contributed by atoms with Gasteiger partial charge >= 0.3 is 0 Å². The lowest BCUT2D eigenvalue weighted by atomic mass is 9.77. The molecule has 2 amide bonds. The molecule has 26 heavy (non-hydrogen) atoms. The molecule has 1 spiro atoms. The van der Waals surface area contributed by atoms with E-state index >= 15 is 0 Å². The second-order valence-corrected chi connectivity index (χ2v) is 8.42. The lowest BCUT2D eigenvalue weighted by Gasteiger charge is -2.39. The predicted molar refractivity (Wildman–Crippen MR) is 103 cm³/mol. The molecule has 142 valence electrons. The molecule has 2 fully saturated rings. The first-order chi connectivity index (χ1) is 12.4. The fraction of sp³-hybridized carbons (Fsp3) is 0.600. The van der Waals surface area contributed by atoms with Crippen molar-refractivity contribution in [1.82, 2.24) is 14.7 Å². The molecule has 0 atom stereocenters. The van der Waals surface area contributed by atoms with Gasteiger partial charge < -0.3 is 14.7 Å². The number of hydrogen-bond donors (Lipinski definition) is 0. The molecule has 0 unspecified atom stereocenters. The molecule has 2 saturated heterocycles. The normalized spacial score (nSPS) is 19.6. The van der Waals surface area contributed by atoms with E-state index in [1.54, 1.807) is 0 Å². The van der Waals surface area contributed by atoms with Crippen molar-refractivity contribution in [3.8, 4) is 0 Å². The molecule has 2 aliphatic rings. The zero-order valence-corrected chi connectivity index (χ0v) is 16.5. The Bertz CT molecular complexity index is 652. The first kappa shape index (κ1) is 19.2. The van der Waals surface area contributed by atoms with E-state index in [0.29, 0.717) is 24.4 Å². The minimum Gasteiger partial charge on any atom is -0.343 e. The largest absolute Gasteiger partial charge is 0.343 e. The van der Waals surface area contributed by atoms with Crippen LogP contribution in [0.2, 0.25) is 5.02 Å². The number of carbonyl (C=O) groups is 2. The van der Waals surface area contributed by atoms with Gasteiger partial charge in [0.05, 0.1) is 0 Å². The van der Waals surface area contributed by atoms with E-state index in [-0.39, 0.29) is 17.2 Å². The molecular formula is C20H28ClN3O2. The van der Waals surface area contributed by atoms with Crippen LogP contribution in [-0.2, 0) is 16.1 Å². The topological polar surface area (TPSA) is 43.9 Å². The number of rotatable bonds is 5. The molecule has 0 N–H and O–H groups in total. The Morgan fingerprint density at radius 1 is 1.19 bits per heavy atom. The highest BCUT2D eigenvalue weighted by Gasteiger charge is 2.45. The third-order valence-electron chi connectivity index (χ3n) is 5.64. The number of hydrogen-bond acceptors (Lipinski definition) is 3. The van der Waals surface area contributed by atoms with Gasteiger partial charge in [-0.3, -0.25) is 9.59 Å². The first-order valence-corrected chi connectivity index (χ1v) is 9.69. The van der Waals surface area contributed by atoms with Crippen molar-refractivity contribution >= 4 is 23.4 Å². The summed E-state index contributed by atoms with van der Waals surface area (Å²) in [5.74, 6) is 0.461. The van der Waals surface area contributed by atoms with Crippen LogP contribution < -0.4 is 0 Å². The minimum atomic E-state index is 0.0435. The molecule has 6 heteroatoms. The molecule has 1 aromatic rings. The van der Waals surface area contributed by atoms with E-state index < -0.39 is 0 Å². The van der Waals surface area contributed by atoms with Crippen molar-refractivity contribution < 1.29 is 9.59 Å². The Labute approximate surface area is 160 Å². The third-order valence-corrected chi connectivity index (χ3v) is 5.89. The van der Waals surface area contributed by atoms with Gasteiger partial charge in [-0.05, 0) is 44.6 Å². The molecule has 0 aromatic heterocycles. The maximum atomic E-state index is 12.5. The van der Waals surface area contributed by atoms with E-state index in [1.807, 2.05) is 53.1 Å². The maximum absolute atomic E-state index is 12.5. The second-order valence-electron chi connectivity index (χ2n) is 7.99. The van der Waals surface area contributed by atoms with Crippen molar-refractivity contribution in [2.75, 3.05) is 40.3 Å². The van der Waals surface area contributed by atoms with E-state index in [4.69, 9.17) is 11.6 Å². The molecule has 0 saturated carbocycles. The average Bonchev–Trinajstić information content (AvgIpc) is 2.90. The summed E-state index contributed by atoms with van der Waals surface area (Å²) in [6.07, 6.45) is 3.02. The first-order valence-electron chi connectivity index (χ1n) is 9.32. The number of benzene rings is 1. The number of carbonyl (C=O) groups excluding carboxylic acids is 2. The summed E-state index contributed by atoms with van der Waals surface area (Å²) in [6, 6.07) is 7.69. The van der Waals surface area contributed by atoms with Crippen LogP contribution in [0, 0.1) is 5.41 Å². The summed E-state index contributed by atoms with van der Waals surface area (Å²) in [5.41, 5.74) is 1.15. The molecular weight excluding hydrogens is 350 g/mol. The number of piperidine rings is 1. The Hall–Kier alpha value is -1.59. The quantitative estimate of drug-likeness (QED) is 0.792. The average molecular weight is 378 g/mol. The van der Waals surface area contributed by atoms with Crippen molar-refractivity contribution in [1.29, 1.82) is 0 Å². The van der Waals surface area contributed by atoms with Crippen LogP contribution in [-0.4, -0.2) is 66.8 Å². The summed E-state index contributed by atoms with van der Waals surface area (Å²) >= 11 is 5.94. The highest BCUT2D eigenvalue weighted by Crippen LogP contribution is 2.41. The van der Waals surface area contributed by atoms with Crippen LogP contribution in [0.15, 0.2) is 24.3 Å². The Morgan fingerprint density at radius 2 is 1.85 bits per heavy atom. The zero-order valence-electron chi connectivity index (χ0n) is 15.7. The van der Waals surface area contributed by atoms with Crippen LogP contribution in [0.25, 0.3) is 0 Å². The number of amides is 2. The summed E-state index contributed by atoms with van der Waals surface area (Å²) in [5, 5.41) is 0.712. The summed E-state index contributed by atoms with van der Waals surface area (Å²) in [6.45, 7) is 3.77. The van der Waals surface area contributed by atoms with Gasteiger partial charge in [-0.2, -0.15) is 0 Å². The third kappa shape index (κ3) is 4.57. The molecule has 0 bridgehead atoms. The fourth-order valence-corrected chi connectivity index (χ4v) is 4.10. The van der Waals surface area contributed by atoms with Gasteiger partial charge in [0, 0.05) is 56.0 Å². The van der Waals surface area contributed by atoms with E-state index in [2.05, 4.69) is 0 Å². The molecule has 1 aromatic carbocycles. The standard InChI is InChI=1S/C20H28ClN3O2/c1-22(2)10-7-18(25)23-11-8-20(9-12-23)13-19(26)24(15-20)14-16-3-5-17(21)6-4-16/h3-6H,7-15H2,1-2H3. The number of likely N-dealkylation sites (tertiary alicyclic amines) is 2. The van der Waals surface area contributed by atoms with Crippen LogP contribution in [0.5, 0.6) is 0 Å². The van der Waals surface area contributed by atoms with Gasteiger partial charge in [0.2, 0.25) is 11.8 Å². The monoisotopic (exact) mass is 377 g/mol. The van der Waals surface area contributed by atoms with Crippen molar-refractivity contribution in [2.24, 2.45) is 5.41 Å². The van der Waals surface area contributed by atoms with Gasteiger partial charge in [-0.1, -0.05) is 23.7 Å². The molecule has 3 rings (SSSR count). The Balaban J connectivity index is 1.53. The Morgan fingerprint density at radius 3 is 2.46 bits per heavy atom. The van der Waals surface area contributed by atoms with Gasteiger partial charge in [0.25, 0.3) is 0 Å². The summed E-state index contributed by atoms with van der Waals surface area (Å²) in [4.78, 5) is 30.8. The molecule has 5 nitrogen and oxygen atoms in total. The second kappa shape index (κ2) is 7.97. The van der Waals surface area contributed by atoms with Crippen molar-refractivity contribution in [2.45, 2.75) is 32.2 Å². The molecule has 2 heterocycles. The van der Waals surface area contributed by atoms with Crippen LogP contribution >= 0.6 is 11.6 Å². The molecule has 0 radical (unpaired) electrons. The van der Waals surface area contributed by atoms with Crippen molar-refractivity contribution in [3.05, 3.63) is 34.9 Å². The maximum Gasteiger partial charge on any atom is 0.223 e. The highest BCUT2D eigenvalue weighted by molar-refractivity contribution is 6.30. The van der Waals surface area contributed by atoms with E-state index in [9.17, 15) is 9.59 Å². The predicted octanol–water partition coefficient (Wildman–Crippen LogP) is 2.63. The number of nitrogens with zero attached hydrogens (tertiary/aromatic N) is 3. The molecule has 2 aliphatic heterocycles. The lowest BCUT2D eigenvalue weighted by Crippen LogP contribution is -2.44. The van der Waals surface area contributed by atoms with Crippen molar-refractivity contribution in [3.63, 3.8) is 0 Å². The smallest absolute Gasteiger partial charge is 0.223 e. The van der Waals surface area contributed by atoms with E-state index in [1.165, 1.54) is 0 Å². The number of halogens is 1. The van der Waals surface area contributed by atoms with Gasteiger partial charge in [0.1, 0.15) is 0 Å². The van der Waals surface area contributed by atoms with Gasteiger partial charge in [0.15, 0.2) is 0 Å². The van der Waals surface area contributed by atoms with Gasteiger partial charge in [-0.15, -0.1) is 0 Å². The van der Waals surface area contributed by atoms with Crippen LogP contribution in [0.1, 0.15) is 31.2 Å².